The highest BCUT2D eigenvalue weighted by molar-refractivity contribution is 9.10. The third-order valence-electron chi connectivity index (χ3n) is 3.36. The molecule has 0 radical (unpaired) electrons. The van der Waals surface area contributed by atoms with Crippen LogP contribution in [0.15, 0.2) is 59.2 Å². The predicted molar refractivity (Wildman–Crippen MR) is 97.4 cm³/mol. The van der Waals surface area contributed by atoms with Crippen LogP contribution in [0.2, 0.25) is 0 Å². The monoisotopic (exact) mass is 380 g/mol. The summed E-state index contributed by atoms with van der Waals surface area (Å²) in [6.07, 6.45) is 1.70. The lowest BCUT2D eigenvalue weighted by molar-refractivity contribution is 1.14. The molecule has 0 fully saturated rings. The lowest BCUT2D eigenvalue weighted by atomic mass is 10.1. The lowest BCUT2D eigenvalue weighted by Gasteiger charge is -2.12. The molecule has 6 nitrogen and oxygen atoms in total. The van der Waals surface area contributed by atoms with Gasteiger partial charge in [0.1, 0.15) is 0 Å². The van der Waals surface area contributed by atoms with Crippen LogP contribution in [0, 0.1) is 11.3 Å². The second-order valence-corrected chi connectivity index (χ2v) is 5.75. The fourth-order valence-electron chi connectivity index (χ4n) is 2.19. The minimum absolute atomic E-state index is 0.406. The summed E-state index contributed by atoms with van der Waals surface area (Å²) >= 11 is 3.52. The Kier molecular flexibility index (Phi) is 4.70. The smallest absolute Gasteiger partial charge is 0.229 e. The van der Waals surface area contributed by atoms with E-state index in [1.54, 1.807) is 30.5 Å². The molecule has 0 atom stereocenters. The van der Waals surface area contributed by atoms with Gasteiger partial charge in [-0.3, -0.25) is 0 Å². The van der Waals surface area contributed by atoms with Crippen molar-refractivity contribution >= 4 is 33.4 Å². The highest BCUT2D eigenvalue weighted by Crippen LogP contribution is 2.32. The molecule has 1 aromatic heterocycles. The van der Waals surface area contributed by atoms with Gasteiger partial charge in [0.15, 0.2) is 5.82 Å². The van der Waals surface area contributed by atoms with Crippen molar-refractivity contribution in [1.29, 1.82) is 5.26 Å². The van der Waals surface area contributed by atoms with Crippen LogP contribution in [0.25, 0.3) is 11.1 Å². The van der Waals surface area contributed by atoms with Crippen molar-refractivity contribution in [2.75, 3.05) is 10.7 Å². The zero-order chi connectivity index (χ0) is 16.9. The maximum atomic E-state index is 8.83. The first-order valence-electron chi connectivity index (χ1n) is 7.07. The first kappa shape index (κ1) is 15.9. The molecule has 0 spiro atoms. The highest BCUT2D eigenvalue weighted by Gasteiger charge is 2.11. The SMILES string of the molecule is N#Cc1ccc(Nc2ncc(-c3ccccc3Br)c(NN)n2)cc1. The van der Waals surface area contributed by atoms with Gasteiger partial charge in [0.05, 0.1) is 11.6 Å². The van der Waals surface area contributed by atoms with E-state index in [1.807, 2.05) is 24.3 Å². The molecule has 24 heavy (non-hydrogen) atoms. The van der Waals surface area contributed by atoms with Crippen LogP contribution in [0.4, 0.5) is 17.5 Å². The van der Waals surface area contributed by atoms with Crippen LogP contribution < -0.4 is 16.6 Å². The van der Waals surface area contributed by atoms with Crippen molar-refractivity contribution < 1.29 is 0 Å². The number of nitriles is 1. The number of nitrogen functional groups attached to an aromatic ring is 1. The number of halogens is 1. The summed E-state index contributed by atoms with van der Waals surface area (Å²) in [5.74, 6) is 6.53. The zero-order valence-electron chi connectivity index (χ0n) is 12.5. The zero-order valence-corrected chi connectivity index (χ0v) is 14.1. The molecule has 0 saturated heterocycles. The largest absolute Gasteiger partial charge is 0.324 e. The summed E-state index contributed by atoms with van der Waals surface area (Å²) in [6.45, 7) is 0. The molecule has 0 unspecified atom stereocenters. The Morgan fingerprint density at radius 2 is 1.79 bits per heavy atom. The molecule has 0 aliphatic carbocycles. The summed E-state index contributed by atoms with van der Waals surface area (Å²) in [4.78, 5) is 8.74. The topological polar surface area (TPSA) is 99.7 Å². The van der Waals surface area contributed by atoms with E-state index in [9.17, 15) is 0 Å². The predicted octanol–water partition coefficient (Wildman–Crippen LogP) is 3.81. The van der Waals surface area contributed by atoms with E-state index in [0.717, 1.165) is 21.3 Å². The minimum Gasteiger partial charge on any atom is -0.324 e. The number of hydrogen-bond acceptors (Lipinski definition) is 6. The van der Waals surface area contributed by atoms with E-state index in [1.165, 1.54) is 0 Å². The average Bonchev–Trinajstić information content (AvgIpc) is 2.63. The Balaban J connectivity index is 1.91. The molecule has 0 amide bonds. The van der Waals surface area contributed by atoms with Gasteiger partial charge < -0.3 is 10.7 Å². The Labute approximate surface area is 147 Å². The Morgan fingerprint density at radius 3 is 2.46 bits per heavy atom. The van der Waals surface area contributed by atoms with Gasteiger partial charge in [-0.1, -0.05) is 34.1 Å². The Hall–Kier alpha value is -2.95. The number of nitrogens with one attached hydrogen (secondary N) is 2. The number of aromatic nitrogens is 2. The molecule has 118 valence electrons. The van der Waals surface area contributed by atoms with Crippen molar-refractivity contribution in [1.82, 2.24) is 9.97 Å². The van der Waals surface area contributed by atoms with E-state index in [4.69, 9.17) is 11.1 Å². The minimum atomic E-state index is 0.406. The maximum absolute atomic E-state index is 8.83. The van der Waals surface area contributed by atoms with Crippen LogP contribution in [-0.4, -0.2) is 9.97 Å². The highest BCUT2D eigenvalue weighted by atomic mass is 79.9. The molecule has 0 saturated carbocycles. The van der Waals surface area contributed by atoms with Crippen LogP contribution in [0.3, 0.4) is 0 Å². The summed E-state index contributed by atoms with van der Waals surface area (Å²) in [7, 11) is 0. The van der Waals surface area contributed by atoms with Crippen LogP contribution in [-0.2, 0) is 0 Å². The molecular weight excluding hydrogens is 368 g/mol. The number of nitrogens with two attached hydrogens (primary N) is 1. The van der Waals surface area contributed by atoms with Gasteiger partial charge in [-0.25, -0.2) is 10.8 Å². The number of hydrogen-bond donors (Lipinski definition) is 3. The first-order valence-corrected chi connectivity index (χ1v) is 7.86. The summed E-state index contributed by atoms with van der Waals surface area (Å²) in [5, 5.41) is 11.9. The van der Waals surface area contributed by atoms with Crippen molar-refractivity contribution in [3.63, 3.8) is 0 Å². The van der Waals surface area contributed by atoms with E-state index < -0.39 is 0 Å². The second kappa shape index (κ2) is 7.08. The fraction of sp³-hybridized carbons (Fsp3) is 0. The van der Waals surface area contributed by atoms with Gasteiger partial charge in [0.2, 0.25) is 5.95 Å². The molecule has 3 rings (SSSR count). The molecule has 0 aliphatic rings. The molecule has 4 N–H and O–H groups in total. The standard InChI is InChI=1S/C17H13BrN6/c18-15-4-2-1-3-13(15)14-10-21-17(23-16(14)24-20)22-12-7-5-11(9-19)6-8-12/h1-8,10H,20H2,(H2,21,22,23,24). The van der Waals surface area contributed by atoms with E-state index in [0.29, 0.717) is 17.3 Å². The average molecular weight is 381 g/mol. The van der Waals surface area contributed by atoms with Gasteiger partial charge in [-0.15, -0.1) is 0 Å². The van der Waals surface area contributed by atoms with Crippen molar-refractivity contribution in [2.24, 2.45) is 5.84 Å². The summed E-state index contributed by atoms with van der Waals surface area (Å²) in [6, 6.07) is 16.9. The third-order valence-corrected chi connectivity index (χ3v) is 4.05. The summed E-state index contributed by atoms with van der Waals surface area (Å²) in [5.41, 5.74) is 5.71. The van der Waals surface area contributed by atoms with Gasteiger partial charge >= 0.3 is 0 Å². The lowest BCUT2D eigenvalue weighted by Crippen LogP contribution is -2.11. The maximum Gasteiger partial charge on any atom is 0.229 e. The van der Waals surface area contributed by atoms with E-state index in [-0.39, 0.29) is 0 Å². The Bertz CT molecular complexity index is 902. The molecule has 7 heteroatoms. The van der Waals surface area contributed by atoms with Gasteiger partial charge in [-0.2, -0.15) is 10.2 Å². The second-order valence-electron chi connectivity index (χ2n) is 4.89. The van der Waals surface area contributed by atoms with Crippen LogP contribution >= 0.6 is 15.9 Å². The van der Waals surface area contributed by atoms with Crippen molar-refractivity contribution in [3.8, 4) is 17.2 Å². The quantitative estimate of drug-likeness (QED) is 0.470. The number of benzene rings is 2. The van der Waals surface area contributed by atoms with Gasteiger partial charge in [0, 0.05) is 27.5 Å². The molecule has 3 aromatic rings. The first-order chi connectivity index (χ1) is 11.7. The fourth-order valence-corrected chi connectivity index (χ4v) is 2.68. The molecule has 2 aromatic carbocycles. The summed E-state index contributed by atoms with van der Waals surface area (Å²) < 4.78 is 0.929. The molecule has 0 bridgehead atoms. The van der Waals surface area contributed by atoms with Crippen LogP contribution in [0.5, 0.6) is 0 Å². The number of rotatable bonds is 4. The number of anilines is 3. The molecular formula is C17H13BrN6. The van der Waals surface area contributed by atoms with E-state index >= 15 is 0 Å². The van der Waals surface area contributed by atoms with Crippen molar-refractivity contribution in [2.45, 2.75) is 0 Å². The Morgan fingerprint density at radius 1 is 1.04 bits per heavy atom. The number of hydrazine groups is 1. The third kappa shape index (κ3) is 3.35. The molecule has 1 heterocycles. The van der Waals surface area contributed by atoms with E-state index in [2.05, 4.69) is 42.7 Å². The number of nitrogens with zero attached hydrogens (tertiary/aromatic N) is 3. The van der Waals surface area contributed by atoms with Gasteiger partial charge in [-0.05, 0) is 30.3 Å². The molecule has 0 aliphatic heterocycles. The van der Waals surface area contributed by atoms with Gasteiger partial charge in [0.25, 0.3) is 0 Å². The van der Waals surface area contributed by atoms with Crippen LogP contribution in [0.1, 0.15) is 5.56 Å². The van der Waals surface area contributed by atoms with Crippen molar-refractivity contribution in [3.05, 3.63) is 64.8 Å². The normalized spacial score (nSPS) is 10.0.